The van der Waals surface area contributed by atoms with Crippen LogP contribution in [0.4, 0.5) is 0 Å². The average molecular weight is 441 g/mol. The van der Waals surface area contributed by atoms with Crippen molar-refractivity contribution in [2.45, 2.75) is 23.5 Å². The maximum atomic E-state index is 13.4. The molecule has 0 saturated heterocycles. The number of methoxy groups -OCH3 is 2. The van der Waals surface area contributed by atoms with Crippen LogP contribution in [0.5, 0.6) is 5.75 Å². The van der Waals surface area contributed by atoms with Crippen molar-refractivity contribution < 1.29 is 22.7 Å². The van der Waals surface area contributed by atoms with Crippen LogP contribution < -0.4 is 4.74 Å². The van der Waals surface area contributed by atoms with Crippen LogP contribution in [0.25, 0.3) is 0 Å². The van der Waals surface area contributed by atoms with Crippen molar-refractivity contribution in [3.05, 3.63) is 58.6 Å². The monoisotopic (exact) mass is 440 g/mol. The van der Waals surface area contributed by atoms with Crippen molar-refractivity contribution in [3.63, 3.8) is 0 Å². The van der Waals surface area contributed by atoms with E-state index in [1.165, 1.54) is 14.2 Å². The quantitative estimate of drug-likeness (QED) is 0.604. The standard InChI is InChI=1S/C19H21BrO5S/c1-13(11-18(21)25-3)19(16-12-14(24-2)9-10-17(16)20)26(22,23)15-7-5-4-6-8-15/h4-10,12-13,19H,11H2,1-3H3/t13-,19+/m1/s1. The molecule has 2 aromatic carbocycles. The van der Waals surface area contributed by atoms with Crippen LogP contribution in [0.15, 0.2) is 57.9 Å². The first-order valence-corrected chi connectivity index (χ1v) is 10.3. The number of hydrogen-bond donors (Lipinski definition) is 0. The van der Waals surface area contributed by atoms with E-state index in [0.29, 0.717) is 15.8 Å². The molecule has 2 rings (SSSR count). The summed E-state index contributed by atoms with van der Waals surface area (Å²) in [6.07, 6.45) is -0.0170. The topological polar surface area (TPSA) is 69.7 Å². The molecule has 0 aliphatic rings. The van der Waals surface area contributed by atoms with Crippen LogP contribution in [0.1, 0.15) is 24.2 Å². The predicted octanol–water partition coefficient (Wildman–Crippen LogP) is 4.17. The molecule has 0 aromatic heterocycles. The number of benzene rings is 2. The van der Waals surface area contributed by atoms with E-state index in [-0.39, 0.29) is 11.3 Å². The van der Waals surface area contributed by atoms with Gasteiger partial charge in [-0.15, -0.1) is 0 Å². The number of hydrogen-bond acceptors (Lipinski definition) is 5. The molecule has 26 heavy (non-hydrogen) atoms. The van der Waals surface area contributed by atoms with Crippen molar-refractivity contribution in [1.29, 1.82) is 0 Å². The second-order valence-electron chi connectivity index (χ2n) is 5.92. The van der Waals surface area contributed by atoms with Gasteiger partial charge in [0.25, 0.3) is 0 Å². The summed E-state index contributed by atoms with van der Waals surface area (Å²) in [5.74, 6) is -0.414. The first-order valence-electron chi connectivity index (χ1n) is 8.00. The normalized spacial score (nSPS) is 13.7. The molecule has 0 N–H and O–H groups in total. The van der Waals surface area contributed by atoms with Crippen LogP contribution in [-0.4, -0.2) is 28.6 Å². The molecule has 0 fully saturated rings. The fourth-order valence-electron chi connectivity index (χ4n) is 2.86. The maximum absolute atomic E-state index is 13.4. The van der Waals surface area contributed by atoms with E-state index >= 15 is 0 Å². The Balaban J connectivity index is 2.62. The summed E-state index contributed by atoms with van der Waals surface area (Å²) < 4.78 is 37.4. The molecular weight excluding hydrogens is 420 g/mol. The molecule has 5 nitrogen and oxygen atoms in total. The molecule has 0 bridgehead atoms. The highest BCUT2D eigenvalue weighted by atomic mass is 79.9. The lowest BCUT2D eigenvalue weighted by Gasteiger charge is -2.25. The van der Waals surface area contributed by atoms with Crippen LogP contribution >= 0.6 is 15.9 Å². The summed E-state index contributed by atoms with van der Waals surface area (Å²) in [7, 11) is -0.940. The minimum atomic E-state index is -3.75. The second kappa shape index (κ2) is 8.68. The zero-order valence-corrected chi connectivity index (χ0v) is 17.2. The molecule has 7 heteroatoms. The third-order valence-electron chi connectivity index (χ3n) is 4.15. The fourth-order valence-corrected chi connectivity index (χ4v) is 5.57. The Morgan fingerprint density at radius 1 is 1.12 bits per heavy atom. The van der Waals surface area contributed by atoms with Crippen molar-refractivity contribution in [1.82, 2.24) is 0 Å². The van der Waals surface area contributed by atoms with Gasteiger partial charge in [-0.2, -0.15) is 0 Å². The Bertz CT molecular complexity index is 865. The van der Waals surface area contributed by atoms with E-state index in [4.69, 9.17) is 9.47 Å². The summed E-state index contributed by atoms with van der Waals surface area (Å²) >= 11 is 3.44. The van der Waals surface area contributed by atoms with Crippen molar-refractivity contribution in [3.8, 4) is 5.75 Å². The summed E-state index contributed by atoms with van der Waals surface area (Å²) in [5, 5.41) is -0.937. The molecule has 0 radical (unpaired) electrons. The summed E-state index contributed by atoms with van der Waals surface area (Å²) in [4.78, 5) is 12.0. The number of esters is 1. The minimum absolute atomic E-state index is 0.0170. The van der Waals surface area contributed by atoms with Gasteiger partial charge < -0.3 is 9.47 Å². The molecule has 0 aliphatic carbocycles. The molecule has 0 amide bonds. The van der Waals surface area contributed by atoms with Crippen molar-refractivity contribution in [2.24, 2.45) is 5.92 Å². The van der Waals surface area contributed by atoms with Gasteiger partial charge in [0.2, 0.25) is 0 Å². The van der Waals surface area contributed by atoms with E-state index in [9.17, 15) is 13.2 Å². The predicted molar refractivity (Wildman–Crippen MR) is 103 cm³/mol. The van der Waals surface area contributed by atoms with E-state index in [2.05, 4.69) is 15.9 Å². The molecule has 0 spiro atoms. The minimum Gasteiger partial charge on any atom is -0.497 e. The first-order chi connectivity index (χ1) is 12.3. The van der Waals surface area contributed by atoms with Gasteiger partial charge in [-0.3, -0.25) is 4.79 Å². The molecular formula is C19H21BrO5S. The van der Waals surface area contributed by atoms with Crippen LogP contribution in [-0.2, 0) is 19.4 Å². The number of carbonyl (C=O) groups excluding carboxylic acids is 1. The van der Waals surface area contributed by atoms with Crippen LogP contribution in [0, 0.1) is 5.92 Å². The Kier molecular flexibility index (Phi) is 6.83. The number of halogens is 1. The lowest BCUT2D eigenvalue weighted by molar-refractivity contribution is -0.141. The number of ether oxygens (including phenoxy) is 2. The van der Waals surface area contributed by atoms with Gasteiger partial charge in [-0.1, -0.05) is 41.1 Å². The van der Waals surface area contributed by atoms with Gasteiger partial charge in [0, 0.05) is 10.9 Å². The molecule has 0 unspecified atom stereocenters. The van der Waals surface area contributed by atoms with Gasteiger partial charge in [-0.25, -0.2) is 8.42 Å². The number of carbonyl (C=O) groups is 1. The molecule has 2 aromatic rings. The first kappa shape index (κ1) is 20.5. The zero-order valence-electron chi connectivity index (χ0n) is 14.8. The van der Waals surface area contributed by atoms with Gasteiger partial charge in [0.15, 0.2) is 9.84 Å². The highest BCUT2D eigenvalue weighted by molar-refractivity contribution is 9.10. The number of rotatable bonds is 7. The van der Waals surface area contributed by atoms with Crippen LogP contribution in [0.3, 0.4) is 0 Å². The fraction of sp³-hybridized carbons (Fsp3) is 0.316. The van der Waals surface area contributed by atoms with E-state index in [1.54, 1.807) is 55.5 Å². The number of sulfone groups is 1. The van der Waals surface area contributed by atoms with Crippen LogP contribution in [0.2, 0.25) is 0 Å². The lowest BCUT2D eigenvalue weighted by atomic mass is 9.97. The molecule has 0 saturated carbocycles. The zero-order chi connectivity index (χ0) is 19.3. The van der Waals surface area contributed by atoms with Gasteiger partial charge in [0.05, 0.1) is 24.4 Å². The summed E-state index contributed by atoms with van der Waals surface area (Å²) in [6, 6.07) is 13.4. The maximum Gasteiger partial charge on any atom is 0.305 e. The molecule has 140 valence electrons. The molecule has 0 heterocycles. The second-order valence-corrected chi connectivity index (χ2v) is 8.85. The smallest absolute Gasteiger partial charge is 0.305 e. The van der Waals surface area contributed by atoms with Crippen molar-refractivity contribution >= 4 is 31.7 Å². The SMILES string of the molecule is COC(=O)C[C@@H](C)[C@@H](c1cc(OC)ccc1Br)S(=O)(=O)c1ccccc1. The third kappa shape index (κ3) is 4.45. The Morgan fingerprint density at radius 2 is 1.77 bits per heavy atom. The largest absolute Gasteiger partial charge is 0.497 e. The molecule has 2 atom stereocenters. The van der Waals surface area contributed by atoms with Crippen molar-refractivity contribution in [2.75, 3.05) is 14.2 Å². The van der Waals surface area contributed by atoms with E-state index in [1.807, 2.05) is 0 Å². The van der Waals surface area contributed by atoms with Gasteiger partial charge in [-0.05, 0) is 41.8 Å². The highest BCUT2D eigenvalue weighted by Gasteiger charge is 2.36. The van der Waals surface area contributed by atoms with Gasteiger partial charge in [0.1, 0.15) is 5.75 Å². The Hall–Kier alpha value is -1.86. The third-order valence-corrected chi connectivity index (χ3v) is 7.19. The van der Waals surface area contributed by atoms with E-state index < -0.39 is 27.0 Å². The average Bonchev–Trinajstić information content (AvgIpc) is 2.63. The van der Waals surface area contributed by atoms with E-state index in [0.717, 1.165) is 0 Å². The Morgan fingerprint density at radius 3 is 2.35 bits per heavy atom. The lowest BCUT2D eigenvalue weighted by Crippen LogP contribution is -2.23. The Labute approximate surface area is 162 Å². The van der Waals surface area contributed by atoms with Gasteiger partial charge >= 0.3 is 5.97 Å². The summed E-state index contributed by atoms with van der Waals surface area (Å²) in [6.45, 7) is 1.73. The summed E-state index contributed by atoms with van der Waals surface area (Å²) in [5.41, 5.74) is 0.546. The highest BCUT2D eigenvalue weighted by Crippen LogP contribution is 2.41. The molecule has 0 aliphatic heterocycles.